The number of benzene rings is 2. The Hall–Kier alpha value is -3.85. The molecule has 1 aliphatic carbocycles. The minimum absolute atomic E-state index is 0.0880. The van der Waals surface area contributed by atoms with Crippen LogP contribution in [0.2, 0.25) is 0 Å². The van der Waals surface area contributed by atoms with Gasteiger partial charge in [0.1, 0.15) is 23.1 Å². The lowest BCUT2D eigenvalue weighted by atomic mass is 9.95. The van der Waals surface area contributed by atoms with E-state index in [0.717, 1.165) is 60.2 Å². The smallest absolute Gasteiger partial charge is 0.262 e. The van der Waals surface area contributed by atoms with Crippen molar-refractivity contribution in [2.45, 2.75) is 58.4 Å². The molecule has 6 nitrogen and oxygen atoms in total. The number of carbonyl (C=O) groups is 1. The van der Waals surface area contributed by atoms with Gasteiger partial charge in [-0.1, -0.05) is 44.4 Å². The first-order valence-corrected chi connectivity index (χ1v) is 12.4. The third-order valence-electron chi connectivity index (χ3n) is 6.29. The summed E-state index contributed by atoms with van der Waals surface area (Å²) in [5.74, 6) is 0.495. The van der Waals surface area contributed by atoms with E-state index in [0.29, 0.717) is 12.3 Å². The Kier molecular flexibility index (Phi) is 7.99. The van der Waals surface area contributed by atoms with Gasteiger partial charge in [-0.2, -0.15) is 10.4 Å². The minimum atomic E-state index is -0.321. The number of aryl methyl sites for hydroxylation is 1. The van der Waals surface area contributed by atoms with Crippen LogP contribution >= 0.6 is 0 Å². The number of hydrogen-bond acceptors (Lipinski definition) is 4. The number of nitriles is 1. The largest absolute Gasteiger partial charge is 0.494 e. The van der Waals surface area contributed by atoms with Crippen LogP contribution in [-0.4, -0.2) is 28.3 Å². The highest BCUT2D eigenvalue weighted by Crippen LogP contribution is 2.31. The standard InChI is InChI=1S/C29H32N4O2/c1-3-16-35-26-14-15-27(21(2)17-26)28-23(20-33(32-28)25-12-8-5-9-13-25)18-22(19-30)29(34)31-24-10-6-4-7-11-24/h5,8-9,12-15,17-18,20,24H,3-4,6-7,10-11,16H2,1-2H3,(H,31,34)/b22-18-. The number of para-hydroxylation sites is 1. The lowest BCUT2D eigenvalue weighted by molar-refractivity contribution is -0.117. The fourth-order valence-corrected chi connectivity index (χ4v) is 4.44. The van der Waals surface area contributed by atoms with Crippen molar-refractivity contribution in [1.82, 2.24) is 15.1 Å². The van der Waals surface area contributed by atoms with Crippen molar-refractivity contribution in [2.24, 2.45) is 0 Å². The third-order valence-corrected chi connectivity index (χ3v) is 6.29. The van der Waals surface area contributed by atoms with Crippen molar-refractivity contribution >= 4 is 12.0 Å². The van der Waals surface area contributed by atoms with E-state index < -0.39 is 0 Å². The summed E-state index contributed by atoms with van der Waals surface area (Å²) in [7, 11) is 0. The van der Waals surface area contributed by atoms with Crippen molar-refractivity contribution in [3.63, 3.8) is 0 Å². The zero-order valence-corrected chi connectivity index (χ0v) is 20.5. The van der Waals surface area contributed by atoms with Gasteiger partial charge in [0.15, 0.2) is 0 Å². The predicted molar refractivity (Wildman–Crippen MR) is 138 cm³/mol. The number of nitrogens with one attached hydrogen (secondary N) is 1. The maximum Gasteiger partial charge on any atom is 0.262 e. The molecular formula is C29H32N4O2. The Balaban J connectivity index is 1.72. The second-order valence-electron chi connectivity index (χ2n) is 9.02. The molecule has 0 saturated heterocycles. The van der Waals surface area contributed by atoms with Gasteiger partial charge in [0.2, 0.25) is 0 Å². The SMILES string of the molecule is CCCOc1ccc(-c2nn(-c3ccccc3)cc2/C=C(/C#N)C(=O)NC2CCCCC2)c(C)c1. The molecule has 0 spiro atoms. The van der Waals surface area contributed by atoms with E-state index in [1.165, 1.54) is 6.42 Å². The molecule has 0 radical (unpaired) electrons. The summed E-state index contributed by atoms with van der Waals surface area (Å²) in [6.45, 7) is 4.76. The van der Waals surface area contributed by atoms with E-state index in [1.807, 2.05) is 61.7 Å². The van der Waals surface area contributed by atoms with Crippen LogP contribution in [0.3, 0.4) is 0 Å². The monoisotopic (exact) mass is 468 g/mol. The molecule has 1 aromatic heterocycles. The molecule has 3 aromatic rings. The van der Waals surface area contributed by atoms with E-state index >= 15 is 0 Å². The molecule has 0 atom stereocenters. The molecule has 0 bridgehead atoms. The molecule has 2 aromatic carbocycles. The van der Waals surface area contributed by atoms with E-state index in [1.54, 1.807) is 10.8 Å². The summed E-state index contributed by atoms with van der Waals surface area (Å²) in [6, 6.07) is 18.0. The summed E-state index contributed by atoms with van der Waals surface area (Å²) in [4.78, 5) is 12.9. The molecule has 180 valence electrons. The Morgan fingerprint density at radius 2 is 1.97 bits per heavy atom. The predicted octanol–water partition coefficient (Wildman–Crippen LogP) is 5.99. The van der Waals surface area contributed by atoms with Gasteiger partial charge >= 0.3 is 0 Å². The number of ether oxygens (including phenoxy) is 1. The zero-order valence-electron chi connectivity index (χ0n) is 20.5. The van der Waals surface area contributed by atoms with Crippen LogP contribution in [0.1, 0.15) is 56.6 Å². The molecule has 0 unspecified atom stereocenters. The summed E-state index contributed by atoms with van der Waals surface area (Å²) < 4.78 is 7.57. The van der Waals surface area contributed by atoms with Crippen LogP contribution < -0.4 is 10.1 Å². The zero-order chi connectivity index (χ0) is 24.6. The quantitative estimate of drug-likeness (QED) is 0.325. The summed E-state index contributed by atoms with van der Waals surface area (Å²) in [5.41, 5.74) is 4.36. The first-order chi connectivity index (χ1) is 17.1. The lowest BCUT2D eigenvalue weighted by Crippen LogP contribution is -2.36. The molecule has 1 amide bonds. The second-order valence-corrected chi connectivity index (χ2v) is 9.02. The average molecular weight is 469 g/mol. The number of amides is 1. The Labute approximate surface area is 207 Å². The van der Waals surface area contributed by atoms with E-state index in [-0.39, 0.29) is 17.5 Å². The molecule has 1 heterocycles. The lowest BCUT2D eigenvalue weighted by Gasteiger charge is -2.22. The highest BCUT2D eigenvalue weighted by Gasteiger charge is 2.20. The molecule has 1 saturated carbocycles. The molecule has 1 aliphatic rings. The first kappa shape index (κ1) is 24.3. The van der Waals surface area contributed by atoms with Crippen LogP contribution in [0.5, 0.6) is 5.75 Å². The Morgan fingerprint density at radius 1 is 1.20 bits per heavy atom. The van der Waals surface area contributed by atoms with Crippen molar-refractivity contribution in [3.8, 4) is 28.8 Å². The number of hydrogen-bond donors (Lipinski definition) is 1. The second kappa shape index (κ2) is 11.5. The minimum Gasteiger partial charge on any atom is -0.494 e. The van der Waals surface area contributed by atoms with Gasteiger partial charge in [0.05, 0.1) is 12.3 Å². The van der Waals surface area contributed by atoms with Gasteiger partial charge in [-0.15, -0.1) is 0 Å². The molecule has 6 heteroatoms. The molecule has 1 N–H and O–H groups in total. The van der Waals surface area contributed by atoms with Crippen LogP contribution in [0.15, 0.2) is 60.3 Å². The summed E-state index contributed by atoms with van der Waals surface area (Å²) >= 11 is 0. The van der Waals surface area contributed by atoms with Crippen molar-refractivity contribution < 1.29 is 9.53 Å². The fraction of sp³-hybridized carbons (Fsp3) is 0.345. The van der Waals surface area contributed by atoms with Crippen LogP contribution in [0.4, 0.5) is 0 Å². The molecule has 4 rings (SSSR count). The van der Waals surface area contributed by atoms with Crippen molar-refractivity contribution in [1.29, 1.82) is 5.26 Å². The number of aromatic nitrogens is 2. The third kappa shape index (κ3) is 5.99. The van der Waals surface area contributed by atoms with Crippen LogP contribution in [0, 0.1) is 18.3 Å². The first-order valence-electron chi connectivity index (χ1n) is 12.4. The number of rotatable bonds is 8. The highest BCUT2D eigenvalue weighted by atomic mass is 16.5. The fourth-order valence-electron chi connectivity index (χ4n) is 4.44. The molecule has 35 heavy (non-hydrogen) atoms. The maximum absolute atomic E-state index is 12.9. The van der Waals surface area contributed by atoms with Gasteiger partial charge in [-0.3, -0.25) is 4.79 Å². The van der Waals surface area contributed by atoms with Gasteiger partial charge in [-0.25, -0.2) is 4.68 Å². The average Bonchev–Trinajstić information content (AvgIpc) is 3.30. The maximum atomic E-state index is 12.9. The summed E-state index contributed by atoms with van der Waals surface area (Å²) in [6.07, 6.45) is 9.83. The van der Waals surface area contributed by atoms with Gasteiger partial charge in [-0.05, 0) is 68.2 Å². The van der Waals surface area contributed by atoms with E-state index in [2.05, 4.69) is 18.3 Å². The highest BCUT2D eigenvalue weighted by molar-refractivity contribution is 6.02. The molecular weight excluding hydrogens is 436 g/mol. The van der Waals surface area contributed by atoms with Gasteiger partial charge < -0.3 is 10.1 Å². The topological polar surface area (TPSA) is 79.9 Å². The normalized spacial score (nSPS) is 14.4. The number of nitrogens with zero attached hydrogens (tertiary/aromatic N) is 3. The van der Waals surface area contributed by atoms with Gasteiger partial charge in [0, 0.05) is 23.4 Å². The number of carbonyl (C=O) groups excluding carboxylic acids is 1. The van der Waals surface area contributed by atoms with Crippen molar-refractivity contribution in [2.75, 3.05) is 6.61 Å². The van der Waals surface area contributed by atoms with Crippen molar-refractivity contribution in [3.05, 3.63) is 71.4 Å². The molecule has 0 aliphatic heterocycles. The van der Waals surface area contributed by atoms with Crippen LogP contribution in [-0.2, 0) is 4.79 Å². The van der Waals surface area contributed by atoms with E-state index in [9.17, 15) is 10.1 Å². The Bertz CT molecular complexity index is 1230. The summed E-state index contributed by atoms with van der Waals surface area (Å²) in [5, 5.41) is 17.7. The molecule has 1 fully saturated rings. The van der Waals surface area contributed by atoms with Gasteiger partial charge in [0.25, 0.3) is 5.91 Å². The van der Waals surface area contributed by atoms with E-state index in [4.69, 9.17) is 9.84 Å². The Morgan fingerprint density at radius 3 is 2.66 bits per heavy atom. The van der Waals surface area contributed by atoms with Crippen LogP contribution in [0.25, 0.3) is 23.0 Å².